The van der Waals surface area contributed by atoms with Crippen molar-refractivity contribution in [2.75, 3.05) is 0 Å². The smallest absolute Gasteiger partial charge is 0.179 e. The van der Waals surface area contributed by atoms with Gasteiger partial charge in [-0.15, -0.1) is 5.10 Å². The molecule has 0 spiro atoms. The number of benzene rings is 2. The first-order chi connectivity index (χ1) is 16.7. The van der Waals surface area contributed by atoms with E-state index in [4.69, 9.17) is 39.8 Å². The van der Waals surface area contributed by atoms with Crippen molar-refractivity contribution in [2.24, 2.45) is 10.4 Å². The van der Waals surface area contributed by atoms with Crippen LogP contribution in [0.2, 0.25) is 15.1 Å². The fourth-order valence-corrected chi connectivity index (χ4v) is 5.15. The van der Waals surface area contributed by atoms with Crippen molar-refractivity contribution in [1.29, 1.82) is 0 Å². The Hall–Kier alpha value is -2.21. The predicted molar refractivity (Wildman–Crippen MR) is 146 cm³/mol. The van der Waals surface area contributed by atoms with Gasteiger partial charge in [0, 0.05) is 21.3 Å². The van der Waals surface area contributed by atoms with Crippen molar-refractivity contribution in [2.45, 2.75) is 64.5 Å². The average molecular weight is 531 g/mol. The van der Waals surface area contributed by atoms with E-state index in [1.165, 1.54) is 6.42 Å². The van der Waals surface area contributed by atoms with Crippen LogP contribution in [0.3, 0.4) is 0 Å². The zero-order chi connectivity index (χ0) is 25.1. The summed E-state index contributed by atoms with van der Waals surface area (Å²) in [5.74, 6) is 0.800. The van der Waals surface area contributed by atoms with Crippen LogP contribution in [-0.2, 0) is 5.54 Å². The summed E-state index contributed by atoms with van der Waals surface area (Å²) >= 11 is 18.6. The van der Waals surface area contributed by atoms with Crippen LogP contribution in [0.1, 0.15) is 75.9 Å². The summed E-state index contributed by atoms with van der Waals surface area (Å²) in [6, 6.07) is 13.1. The molecular weight excluding hydrogens is 501 g/mol. The minimum absolute atomic E-state index is 0.108. The Labute approximate surface area is 222 Å². The van der Waals surface area contributed by atoms with E-state index >= 15 is 0 Å². The van der Waals surface area contributed by atoms with E-state index in [0.29, 0.717) is 15.1 Å². The van der Waals surface area contributed by atoms with Gasteiger partial charge in [-0.1, -0.05) is 105 Å². The highest BCUT2D eigenvalue weighted by molar-refractivity contribution is 6.35. The first kappa shape index (κ1) is 25.9. The first-order valence-corrected chi connectivity index (χ1v) is 13.0. The van der Waals surface area contributed by atoms with Crippen LogP contribution in [0, 0.1) is 5.41 Å². The molecule has 3 aromatic rings. The van der Waals surface area contributed by atoms with Crippen molar-refractivity contribution in [3.63, 3.8) is 0 Å². The number of allylic oxidation sites excluding steroid dienone is 1. The van der Waals surface area contributed by atoms with Crippen LogP contribution in [0.25, 0.3) is 6.08 Å². The van der Waals surface area contributed by atoms with Crippen molar-refractivity contribution in [3.05, 3.63) is 80.6 Å². The molecule has 0 saturated heterocycles. The van der Waals surface area contributed by atoms with Gasteiger partial charge in [-0.05, 0) is 64.1 Å². The van der Waals surface area contributed by atoms with Crippen molar-refractivity contribution < 1.29 is 0 Å². The molecule has 1 saturated carbocycles. The number of tetrazole rings is 1. The lowest BCUT2D eigenvalue weighted by Crippen LogP contribution is -2.35. The molecule has 1 aliphatic rings. The summed E-state index contributed by atoms with van der Waals surface area (Å²) in [5.41, 5.74) is 1.27. The van der Waals surface area contributed by atoms with E-state index in [1.807, 2.05) is 53.4 Å². The van der Waals surface area contributed by atoms with Crippen molar-refractivity contribution in [3.8, 4) is 0 Å². The molecule has 0 N–H and O–H groups in total. The maximum Gasteiger partial charge on any atom is 0.179 e. The normalized spacial score (nSPS) is 17.3. The van der Waals surface area contributed by atoms with E-state index in [9.17, 15) is 0 Å². The molecule has 1 heterocycles. The van der Waals surface area contributed by atoms with Gasteiger partial charge in [-0.2, -0.15) is 0 Å². The lowest BCUT2D eigenvalue weighted by atomic mass is 9.80. The van der Waals surface area contributed by atoms with E-state index < -0.39 is 5.54 Å². The third kappa shape index (κ3) is 6.14. The van der Waals surface area contributed by atoms with Crippen molar-refractivity contribution >= 4 is 47.1 Å². The van der Waals surface area contributed by atoms with Crippen LogP contribution in [-0.4, -0.2) is 26.4 Å². The SMILES string of the molecule is CC(C)(C)C(C=Cc1ccc(Cl)cc1Cl)n1nnnc1C1(N=Cc2ccc(Cl)cc2)CCCCC1. The summed E-state index contributed by atoms with van der Waals surface area (Å²) in [7, 11) is 0. The number of rotatable bonds is 6. The Morgan fingerprint density at radius 1 is 0.971 bits per heavy atom. The molecule has 8 heteroatoms. The fourth-order valence-electron chi connectivity index (χ4n) is 4.55. The second-order valence-electron chi connectivity index (χ2n) is 10.2. The number of halogens is 3. The predicted octanol–water partition coefficient (Wildman–Crippen LogP) is 8.21. The third-order valence-corrected chi connectivity index (χ3v) is 7.31. The molecule has 35 heavy (non-hydrogen) atoms. The van der Waals surface area contributed by atoms with E-state index in [1.54, 1.807) is 6.07 Å². The summed E-state index contributed by atoms with van der Waals surface area (Å²) in [6.45, 7) is 6.55. The van der Waals surface area contributed by atoms with E-state index in [0.717, 1.165) is 42.6 Å². The minimum Gasteiger partial charge on any atom is -0.278 e. The number of hydrogen-bond acceptors (Lipinski definition) is 4. The molecule has 0 radical (unpaired) electrons. The van der Waals surface area contributed by atoms with Gasteiger partial charge >= 0.3 is 0 Å². The van der Waals surface area contributed by atoms with Crippen LogP contribution in [0.5, 0.6) is 0 Å². The standard InChI is InChI=1S/C27H30Cl3N5/c1-26(2,3)24(14-10-20-9-13-22(29)17-23(20)30)35-25(32-33-34-35)27(15-5-4-6-16-27)31-18-19-7-11-21(28)12-8-19/h7-14,17-18,24H,4-6,15-16H2,1-3H3. The summed E-state index contributed by atoms with van der Waals surface area (Å²) in [4.78, 5) is 5.13. The van der Waals surface area contributed by atoms with Gasteiger partial charge in [0.15, 0.2) is 5.82 Å². The zero-order valence-corrected chi connectivity index (χ0v) is 22.5. The van der Waals surface area contributed by atoms with Crippen molar-refractivity contribution in [1.82, 2.24) is 20.2 Å². The van der Waals surface area contributed by atoms with Gasteiger partial charge in [0.2, 0.25) is 0 Å². The minimum atomic E-state index is -0.476. The first-order valence-electron chi connectivity index (χ1n) is 11.9. The lowest BCUT2D eigenvalue weighted by molar-refractivity contribution is 0.228. The Balaban J connectivity index is 1.74. The number of nitrogens with zero attached hydrogens (tertiary/aromatic N) is 5. The van der Waals surface area contributed by atoms with E-state index in [2.05, 4.69) is 42.4 Å². The summed E-state index contributed by atoms with van der Waals surface area (Å²) in [5, 5.41) is 15.1. The Kier molecular flexibility index (Phi) is 7.99. The second-order valence-corrected chi connectivity index (χ2v) is 11.5. The molecule has 1 fully saturated rings. The molecule has 0 bridgehead atoms. The van der Waals surface area contributed by atoms with Gasteiger partial charge < -0.3 is 0 Å². The summed E-state index contributed by atoms with van der Waals surface area (Å²) in [6.07, 6.45) is 11.2. The van der Waals surface area contributed by atoms with Gasteiger partial charge in [-0.3, -0.25) is 4.99 Å². The van der Waals surface area contributed by atoms with Crippen LogP contribution < -0.4 is 0 Å². The fraction of sp³-hybridized carbons (Fsp3) is 0.407. The Morgan fingerprint density at radius 2 is 1.66 bits per heavy atom. The highest BCUT2D eigenvalue weighted by Crippen LogP contribution is 2.42. The zero-order valence-electron chi connectivity index (χ0n) is 20.3. The Bertz CT molecular complexity index is 1200. The molecule has 4 rings (SSSR count). The second kappa shape index (κ2) is 10.8. The van der Waals surface area contributed by atoms with Gasteiger partial charge in [0.25, 0.3) is 0 Å². The topological polar surface area (TPSA) is 56.0 Å². The molecule has 2 aromatic carbocycles. The number of aromatic nitrogens is 4. The molecule has 1 aromatic heterocycles. The highest BCUT2D eigenvalue weighted by Gasteiger charge is 2.41. The monoisotopic (exact) mass is 529 g/mol. The molecule has 0 aliphatic heterocycles. The maximum atomic E-state index is 6.43. The molecule has 0 amide bonds. The molecule has 1 aliphatic carbocycles. The number of hydrogen-bond donors (Lipinski definition) is 0. The average Bonchev–Trinajstić information content (AvgIpc) is 3.30. The quantitative estimate of drug-likeness (QED) is 0.302. The highest BCUT2D eigenvalue weighted by atomic mass is 35.5. The third-order valence-electron chi connectivity index (χ3n) is 6.49. The summed E-state index contributed by atoms with van der Waals surface area (Å²) < 4.78 is 1.95. The van der Waals surface area contributed by atoms with Gasteiger partial charge in [0.1, 0.15) is 5.54 Å². The van der Waals surface area contributed by atoms with Crippen LogP contribution in [0.15, 0.2) is 53.5 Å². The van der Waals surface area contributed by atoms with Crippen LogP contribution in [0.4, 0.5) is 0 Å². The maximum absolute atomic E-state index is 6.43. The van der Waals surface area contributed by atoms with Crippen LogP contribution >= 0.6 is 34.8 Å². The largest absolute Gasteiger partial charge is 0.278 e. The van der Waals surface area contributed by atoms with E-state index in [-0.39, 0.29) is 11.5 Å². The molecule has 1 atom stereocenters. The molecule has 1 unspecified atom stereocenters. The number of aliphatic imine (C=N–C) groups is 1. The van der Waals surface area contributed by atoms with Gasteiger partial charge in [-0.25, -0.2) is 4.68 Å². The molecule has 5 nitrogen and oxygen atoms in total. The molecular formula is C27H30Cl3N5. The van der Waals surface area contributed by atoms with Gasteiger partial charge in [0.05, 0.1) is 6.04 Å². The Morgan fingerprint density at radius 3 is 2.31 bits per heavy atom. The molecule has 184 valence electrons. The lowest BCUT2D eigenvalue weighted by Gasteiger charge is -2.35.